The van der Waals surface area contributed by atoms with Crippen molar-refractivity contribution in [2.24, 2.45) is 5.73 Å². The van der Waals surface area contributed by atoms with E-state index >= 15 is 0 Å². The molecule has 1 aliphatic rings. The molecule has 0 radical (unpaired) electrons. The summed E-state index contributed by atoms with van der Waals surface area (Å²) in [6, 6.07) is 15.6. The fraction of sp³-hybridized carbons (Fsp3) is 0.381. The minimum Gasteiger partial charge on any atom is -0.444 e. The van der Waals surface area contributed by atoms with Crippen LogP contribution >= 0.6 is 15.9 Å². The third-order valence-corrected chi connectivity index (χ3v) is 7.78. The fourth-order valence-electron chi connectivity index (χ4n) is 3.70. The Hall–Kier alpha value is -1.90. The summed E-state index contributed by atoms with van der Waals surface area (Å²) in [7, 11) is -3.74. The van der Waals surface area contributed by atoms with E-state index in [1.807, 2.05) is 24.3 Å². The van der Waals surface area contributed by atoms with Gasteiger partial charge in [0.05, 0.1) is 10.4 Å². The Morgan fingerprint density at radius 3 is 2.24 bits per heavy atom. The number of benzene rings is 2. The Morgan fingerprint density at radius 2 is 1.72 bits per heavy atom. The molecule has 1 aliphatic carbocycles. The van der Waals surface area contributed by atoms with Crippen molar-refractivity contribution in [1.82, 2.24) is 5.32 Å². The fourth-order valence-corrected chi connectivity index (χ4v) is 6.33. The van der Waals surface area contributed by atoms with Crippen molar-refractivity contribution < 1.29 is 17.9 Å². The lowest BCUT2D eigenvalue weighted by atomic mass is 10.1. The monoisotopic (exact) mass is 480 g/mol. The summed E-state index contributed by atoms with van der Waals surface area (Å²) in [5.41, 5.74) is 4.99. The molecule has 0 saturated heterocycles. The van der Waals surface area contributed by atoms with Crippen molar-refractivity contribution in [3.63, 3.8) is 0 Å². The standard InChI is InChI=1S/C21H25BrN2O4S/c1-20(2,3)28-19(25)24-21(13-23)17(14-9-11-15(22)12-10-14)18(21)29(26,27)16-7-5-4-6-8-16/h4-12,17-18H,13,23H2,1-3H3,(H,24,25)/t17-,18-,21+/m0/s1. The highest BCUT2D eigenvalue weighted by Gasteiger charge is 2.71. The van der Waals surface area contributed by atoms with Crippen molar-refractivity contribution in [2.75, 3.05) is 6.54 Å². The molecular formula is C21H25BrN2O4S. The lowest BCUT2D eigenvalue weighted by Crippen LogP contribution is -2.49. The van der Waals surface area contributed by atoms with Crippen LogP contribution in [-0.4, -0.2) is 37.4 Å². The Bertz CT molecular complexity index is 988. The zero-order valence-electron chi connectivity index (χ0n) is 16.6. The van der Waals surface area contributed by atoms with Crippen LogP contribution in [-0.2, 0) is 14.6 Å². The van der Waals surface area contributed by atoms with Gasteiger partial charge in [-0.1, -0.05) is 46.3 Å². The van der Waals surface area contributed by atoms with E-state index in [0.717, 1.165) is 10.0 Å². The summed E-state index contributed by atoms with van der Waals surface area (Å²) in [5.74, 6) is -0.488. The summed E-state index contributed by atoms with van der Waals surface area (Å²) in [5, 5.41) is 1.89. The number of hydrogen-bond acceptors (Lipinski definition) is 5. The largest absolute Gasteiger partial charge is 0.444 e. The molecule has 3 N–H and O–H groups in total. The summed E-state index contributed by atoms with van der Waals surface area (Å²) in [6.07, 6.45) is -0.684. The number of alkyl carbamates (subject to hydrolysis) is 1. The van der Waals surface area contributed by atoms with E-state index < -0.39 is 38.2 Å². The van der Waals surface area contributed by atoms with Crippen LogP contribution in [0.15, 0.2) is 64.0 Å². The molecule has 1 amide bonds. The molecule has 0 aliphatic heterocycles. The number of hydrogen-bond donors (Lipinski definition) is 2. The number of ether oxygens (including phenoxy) is 1. The van der Waals surface area contributed by atoms with Crippen molar-refractivity contribution in [3.05, 3.63) is 64.6 Å². The van der Waals surface area contributed by atoms with Gasteiger partial charge in [0.2, 0.25) is 0 Å². The van der Waals surface area contributed by atoms with E-state index in [1.54, 1.807) is 51.1 Å². The average molecular weight is 481 g/mol. The Balaban J connectivity index is 2.03. The van der Waals surface area contributed by atoms with Gasteiger partial charge in [0, 0.05) is 16.9 Å². The zero-order valence-corrected chi connectivity index (χ0v) is 19.0. The quantitative estimate of drug-likeness (QED) is 0.680. The molecule has 2 aromatic rings. The molecule has 2 aromatic carbocycles. The lowest BCUT2D eigenvalue weighted by molar-refractivity contribution is 0.0497. The molecule has 1 fully saturated rings. The first-order valence-corrected chi connectivity index (χ1v) is 11.6. The number of amides is 1. The minimum atomic E-state index is -3.74. The Kier molecular flexibility index (Phi) is 5.82. The van der Waals surface area contributed by atoms with Crippen LogP contribution in [0.3, 0.4) is 0 Å². The van der Waals surface area contributed by atoms with Crippen molar-refractivity contribution >= 4 is 31.9 Å². The highest BCUT2D eigenvalue weighted by molar-refractivity contribution is 9.10. The van der Waals surface area contributed by atoms with Crippen LogP contribution in [0.5, 0.6) is 0 Å². The normalized spacial score (nSPS) is 24.0. The molecular weight excluding hydrogens is 456 g/mol. The van der Waals surface area contributed by atoms with E-state index in [2.05, 4.69) is 21.2 Å². The Labute approximate surface area is 179 Å². The maximum absolute atomic E-state index is 13.4. The molecule has 156 valence electrons. The molecule has 0 aromatic heterocycles. The third-order valence-electron chi connectivity index (χ3n) is 4.96. The van der Waals surface area contributed by atoms with Gasteiger partial charge in [0.25, 0.3) is 0 Å². The van der Waals surface area contributed by atoms with E-state index in [1.165, 1.54) is 0 Å². The second kappa shape index (κ2) is 7.74. The summed E-state index contributed by atoms with van der Waals surface area (Å²) >= 11 is 3.39. The van der Waals surface area contributed by atoms with Gasteiger partial charge in [0.1, 0.15) is 10.9 Å². The van der Waals surface area contributed by atoms with Gasteiger partial charge in [-0.05, 0) is 50.6 Å². The lowest BCUT2D eigenvalue weighted by Gasteiger charge is -2.24. The third kappa shape index (κ3) is 4.34. The van der Waals surface area contributed by atoms with Crippen molar-refractivity contribution in [2.45, 2.75) is 48.0 Å². The van der Waals surface area contributed by atoms with Crippen LogP contribution in [0, 0.1) is 0 Å². The van der Waals surface area contributed by atoms with Gasteiger partial charge < -0.3 is 15.8 Å². The SMILES string of the molecule is CC(C)(C)OC(=O)N[C@]1(CN)[C@@H](c2ccc(Br)cc2)[C@@H]1S(=O)(=O)c1ccccc1. The van der Waals surface area contributed by atoms with Crippen LogP contribution < -0.4 is 11.1 Å². The van der Waals surface area contributed by atoms with E-state index in [0.29, 0.717) is 0 Å². The molecule has 3 atom stereocenters. The maximum atomic E-state index is 13.4. The highest BCUT2D eigenvalue weighted by atomic mass is 79.9. The number of sulfone groups is 1. The van der Waals surface area contributed by atoms with Gasteiger partial charge in [-0.25, -0.2) is 13.2 Å². The van der Waals surface area contributed by atoms with Gasteiger partial charge in [-0.3, -0.25) is 0 Å². The van der Waals surface area contributed by atoms with E-state index in [-0.39, 0.29) is 11.4 Å². The summed E-state index contributed by atoms with van der Waals surface area (Å²) in [6.45, 7) is 5.21. The first-order chi connectivity index (χ1) is 13.5. The number of carbonyl (C=O) groups is 1. The van der Waals surface area contributed by atoms with E-state index in [4.69, 9.17) is 10.5 Å². The number of nitrogens with two attached hydrogens (primary N) is 1. The van der Waals surface area contributed by atoms with Crippen LogP contribution in [0.1, 0.15) is 32.3 Å². The van der Waals surface area contributed by atoms with Gasteiger partial charge in [-0.15, -0.1) is 0 Å². The number of halogens is 1. The molecule has 0 heterocycles. The molecule has 6 nitrogen and oxygen atoms in total. The Morgan fingerprint density at radius 1 is 1.14 bits per heavy atom. The molecule has 29 heavy (non-hydrogen) atoms. The second-order valence-electron chi connectivity index (χ2n) is 8.18. The van der Waals surface area contributed by atoms with Crippen molar-refractivity contribution in [1.29, 1.82) is 0 Å². The maximum Gasteiger partial charge on any atom is 0.408 e. The molecule has 8 heteroatoms. The highest BCUT2D eigenvalue weighted by Crippen LogP contribution is 2.57. The predicted molar refractivity (Wildman–Crippen MR) is 115 cm³/mol. The number of rotatable bonds is 5. The number of nitrogens with one attached hydrogen (secondary N) is 1. The number of carbonyl (C=O) groups excluding carboxylic acids is 1. The van der Waals surface area contributed by atoms with E-state index in [9.17, 15) is 13.2 Å². The first kappa shape index (κ1) is 21.8. The molecule has 1 saturated carbocycles. The summed E-state index contributed by atoms with van der Waals surface area (Å²) < 4.78 is 33.1. The van der Waals surface area contributed by atoms with Crippen LogP contribution in [0.4, 0.5) is 4.79 Å². The minimum absolute atomic E-state index is 0.0380. The zero-order chi connectivity index (χ0) is 21.4. The first-order valence-electron chi connectivity index (χ1n) is 9.27. The molecule has 0 unspecified atom stereocenters. The molecule has 0 spiro atoms. The van der Waals surface area contributed by atoms with Crippen LogP contribution in [0.2, 0.25) is 0 Å². The average Bonchev–Trinajstić information content (AvgIpc) is 3.31. The van der Waals surface area contributed by atoms with Gasteiger partial charge in [-0.2, -0.15) is 0 Å². The molecule has 3 rings (SSSR count). The predicted octanol–water partition coefficient (Wildman–Crippen LogP) is 3.61. The molecule has 0 bridgehead atoms. The summed E-state index contributed by atoms with van der Waals surface area (Å²) in [4.78, 5) is 12.7. The van der Waals surface area contributed by atoms with Gasteiger partial charge >= 0.3 is 6.09 Å². The van der Waals surface area contributed by atoms with Crippen molar-refractivity contribution in [3.8, 4) is 0 Å². The van der Waals surface area contributed by atoms with Gasteiger partial charge in [0.15, 0.2) is 9.84 Å². The topological polar surface area (TPSA) is 98.5 Å². The second-order valence-corrected chi connectivity index (χ2v) is 11.2. The smallest absolute Gasteiger partial charge is 0.408 e. The van der Waals surface area contributed by atoms with Crippen LogP contribution in [0.25, 0.3) is 0 Å².